The van der Waals surface area contributed by atoms with Crippen LogP contribution in [0.3, 0.4) is 0 Å². The highest BCUT2D eigenvalue weighted by molar-refractivity contribution is 4.94. The molecule has 0 fully saturated rings. The molecule has 0 N–H and O–H groups in total. The highest BCUT2D eigenvalue weighted by Gasteiger charge is 1.90. The van der Waals surface area contributed by atoms with Crippen LogP contribution in [0.5, 0.6) is 0 Å². The summed E-state index contributed by atoms with van der Waals surface area (Å²) >= 11 is 0. The second-order valence-electron chi connectivity index (χ2n) is 2.55. The molecule has 0 aromatic rings. The number of allylic oxidation sites excluding steroid dienone is 1. The fourth-order valence-corrected chi connectivity index (χ4v) is 0.798. The third kappa shape index (κ3) is 5.87. The molecule has 0 aromatic carbocycles. The summed E-state index contributed by atoms with van der Waals surface area (Å²) in [4.78, 5) is 0. The fourth-order valence-electron chi connectivity index (χ4n) is 0.798. The summed E-state index contributed by atoms with van der Waals surface area (Å²) < 4.78 is 0. The molecule has 0 aliphatic carbocycles. The highest BCUT2D eigenvalue weighted by Crippen LogP contribution is 2.10. The van der Waals surface area contributed by atoms with Gasteiger partial charge in [-0.2, -0.15) is 0 Å². The van der Waals surface area contributed by atoms with E-state index in [4.69, 9.17) is 13.8 Å². The number of hydrogen-bond donors (Lipinski definition) is 0. The molecule has 4 radical (unpaired) electrons. The minimum atomic E-state index is 0.628. The van der Waals surface area contributed by atoms with E-state index < -0.39 is 0 Å². The molecule has 0 saturated carbocycles. The zero-order valence-electron chi connectivity index (χ0n) is 6.60. The molecule has 0 aromatic heterocycles. The first-order valence-corrected chi connectivity index (χ1v) is 3.88. The summed E-state index contributed by atoms with van der Waals surface area (Å²) in [5.41, 5.74) is 1.15. The van der Waals surface area contributed by atoms with E-state index in [9.17, 15) is 0 Å². The van der Waals surface area contributed by atoms with E-state index in [0.717, 1.165) is 24.8 Å². The first-order chi connectivity index (χ1) is 4.81. The van der Waals surface area contributed by atoms with Gasteiger partial charge in [-0.1, -0.05) is 25.0 Å². The molecule has 0 heterocycles. The van der Waals surface area contributed by atoms with Gasteiger partial charge in [0.2, 0.25) is 0 Å². The van der Waals surface area contributed by atoms with Crippen LogP contribution in [0.1, 0.15) is 38.5 Å². The van der Waals surface area contributed by atoms with E-state index in [0.29, 0.717) is 6.42 Å². The first kappa shape index (κ1) is 9.74. The maximum absolute atomic E-state index is 5.36. The van der Waals surface area contributed by atoms with Crippen molar-refractivity contribution in [1.82, 2.24) is 0 Å². The van der Waals surface area contributed by atoms with Crippen LogP contribution >= 0.6 is 0 Å². The Kier molecular flexibility index (Phi) is 6.68. The van der Waals surface area contributed by atoms with Crippen LogP contribution in [0.25, 0.3) is 0 Å². The molecule has 0 aliphatic heterocycles. The number of hydrogen-bond acceptors (Lipinski definition) is 0. The summed E-state index contributed by atoms with van der Waals surface area (Å²) in [5.74, 6) is 0. The minimum absolute atomic E-state index is 0.628. The van der Waals surface area contributed by atoms with E-state index in [1.807, 2.05) is 0 Å². The molecule has 0 rings (SSSR count). The molecule has 0 heteroatoms. The Labute approximate surface area is 65.3 Å². The van der Waals surface area contributed by atoms with Crippen molar-refractivity contribution >= 4 is 0 Å². The molecule has 0 atom stereocenters. The number of rotatable bonds is 6. The van der Waals surface area contributed by atoms with Crippen LogP contribution in [-0.4, -0.2) is 0 Å². The van der Waals surface area contributed by atoms with Crippen molar-refractivity contribution < 1.29 is 0 Å². The second-order valence-corrected chi connectivity index (χ2v) is 2.55. The second kappa shape index (κ2) is 6.85. The average molecular weight is 136 g/mol. The molecule has 0 aliphatic rings. The maximum Gasteiger partial charge on any atom is -0.0289 e. The van der Waals surface area contributed by atoms with Gasteiger partial charge in [0.15, 0.2) is 0 Å². The van der Waals surface area contributed by atoms with Gasteiger partial charge in [-0.15, -0.1) is 0 Å². The monoisotopic (exact) mass is 136 g/mol. The van der Waals surface area contributed by atoms with E-state index in [1.165, 1.54) is 12.8 Å². The Hall–Kier alpha value is -0.260. The van der Waals surface area contributed by atoms with Gasteiger partial charge in [-0.25, -0.2) is 0 Å². The summed E-state index contributed by atoms with van der Waals surface area (Å²) in [6, 6.07) is 0. The Morgan fingerprint density at radius 3 is 2.30 bits per heavy atom. The van der Waals surface area contributed by atoms with Gasteiger partial charge in [0.1, 0.15) is 0 Å². The van der Waals surface area contributed by atoms with Crippen molar-refractivity contribution in [1.29, 1.82) is 0 Å². The van der Waals surface area contributed by atoms with E-state index in [-0.39, 0.29) is 0 Å². The third-order valence-corrected chi connectivity index (χ3v) is 1.52. The molecule has 0 saturated heterocycles. The first-order valence-electron chi connectivity index (χ1n) is 3.88. The maximum atomic E-state index is 5.36. The Balaban J connectivity index is 2.96. The van der Waals surface area contributed by atoms with Crippen molar-refractivity contribution in [3.05, 3.63) is 26.0 Å². The molecule has 0 unspecified atom stereocenters. The molecule has 0 spiro atoms. The molecule has 10 heavy (non-hydrogen) atoms. The van der Waals surface area contributed by atoms with Crippen LogP contribution in [-0.2, 0) is 0 Å². The smallest absolute Gasteiger partial charge is 0.0289 e. The van der Waals surface area contributed by atoms with Crippen molar-refractivity contribution in [3.63, 3.8) is 0 Å². The highest BCUT2D eigenvalue weighted by atomic mass is 14.0. The fraction of sp³-hybridized carbons (Fsp3) is 0.600. The normalized spacial score (nSPS) is 9.80. The molecular formula is C10H16. The van der Waals surface area contributed by atoms with E-state index in [1.54, 1.807) is 0 Å². The van der Waals surface area contributed by atoms with Crippen molar-refractivity contribution in [2.75, 3.05) is 0 Å². The largest absolute Gasteiger partial charge is 0.0999 e. The SMILES string of the molecule is [CH]CCCCCC(=C)C[CH]. The molecule has 0 nitrogen and oxygen atoms in total. The summed E-state index contributed by atoms with van der Waals surface area (Å²) in [5, 5.41) is 0. The lowest BCUT2D eigenvalue weighted by atomic mass is 10.1. The van der Waals surface area contributed by atoms with Gasteiger partial charge >= 0.3 is 0 Å². The summed E-state index contributed by atoms with van der Waals surface area (Å²) in [6.07, 6.45) is 6.01. The zero-order valence-corrected chi connectivity index (χ0v) is 6.60. The third-order valence-electron chi connectivity index (χ3n) is 1.52. The van der Waals surface area contributed by atoms with Gasteiger partial charge in [0, 0.05) is 0 Å². The molecule has 56 valence electrons. The zero-order chi connectivity index (χ0) is 7.82. The Morgan fingerprint density at radius 2 is 1.80 bits per heavy atom. The number of unbranched alkanes of at least 4 members (excludes halogenated alkanes) is 3. The summed E-state index contributed by atoms with van der Waals surface area (Å²) in [6.45, 7) is 14.5. The molecule has 0 amide bonds. The lowest BCUT2D eigenvalue weighted by molar-refractivity contribution is 0.679. The van der Waals surface area contributed by atoms with E-state index in [2.05, 4.69) is 6.58 Å². The van der Waals surface area contributed by atoms with Gasteiger partial charge in [-0.3, -0.25) is 0 Å². The van der Waals surface area contributed by atoms with Gasteiger partial charge in [0.25, 0.3) is 0 Å². The van der Waals surface area contributed by atoms with Crippen molar-refractivity contribution in [2.45, 2.75) is 38.5 Å². The molecule has 0 bridgehead atoms. The van der Waals surface area contributed by atoms with Crippen LogP contribution in [0.2, 0.25) is 0 Å². The van der Waals surface area contributed by atoms with Crippen molar-refractivity contribution in [3.8, 4) is 0 Å². The lowest BCUT2D eigenvalue weighted by Gasteiger charge is -2.00. The van der Waals surface area contributed by atoms with Gasteiger partial charge < -0.3 is 0 Å². The Bertz CT molecular complexity index is 82.0. The van der Waals surface area contributed by atoms with Crippen LogP contribution in [0.4, 0.5) is 0 Å². The van der Waals surface area contributed by atoms with E-state index >= 15 is 0 Å². The minimum Gasteiger partial charge on any atom is -0.0999 e. The quantitative estimate of drug-likeness (QED) is 0.388. The lowest BCUT2D eigenvalue weighted by Crippen LogP contribution is -1.80. The molecular weight excluding hydrogens is 120 g/mol. The van der Waals surface area contributed by atoms with Gasteiger partial charge in [0.05, 0.1) is 0 Å². The standard InChI is InChI=1S/C10H16/c1-4-6-7-8-9-10(3)5-2/h1-2H,3-9H2. The van der Waals surface area contributed by atoms with Crippen LogP contribution in [0.15, 0.2) is 12.2 Å². The van der Waals surface area contributed by atoms with Gasteiger partial charge in [-0.05, 0) is 39.5 Å². The van der Waals surface area contributed by atoms with Crippen molar-refractivity contribution in [2.24, 2.45) is 0 Å². The Morgan fingerprint density at radius 1 is 1.10 bits per heavy atom. The summed E-state index contributed by atoms with van der Waals surface area (Å²) in [7, 11) is 0. The predicted octanol–water partition coefficient (Wildman–Crippen LogP) is 3.31. The predicted molar refractivity (Wildman–Crippen MR) is 45.4 cm³/mol. The topological polar surface area (TPSA) is 0 Å². The van der Waals surface area contributed by atoms with Crippen LogP contribution in [0, 0.1) is 13.8 Å². The van der Waals surface area contributed by atoms with Crippen LogP contribution < -0.4 is 0 Å². The average Bonchev–Trinajstić information content (AvgIpc) is 1.98.